The van der Waals surface area contributed by atoms with Gasteiger partial charge in [-0.15, -0.1) is 11.3 Å². The molecule has 1 saturated heterocycles. The molecule has 0 unspecified atom stereocenters. The number of anilines is 2. The van der Waals surface area contributed by atoms with Crippen LogP contribution in [0.15, 0.2) is 60.9 Å². The molecule has 0 atom stereocenters. The fraction of sp³-hybridized carbons (Fsp3) is 0.250. The lowest BCUT2D eigenvalue weighted by molar-refractivity contribution is 0.0714. The maximum absolute atomic E-state index is 13.2. The van der Waals surface area contributed by atoms with Crippen LogP contribution in [-0.2, 0) is 0 Å². The van der Waals surface area contributed by atoms with Gasteiger partial charge in [0.05, 0.1) is 11.1 Å². The summed E-state index contributed by atoms with van der Waals surface area (Å²) in [6.07, 6.45) is 5.40. The van der Waals surface area contributed by atoms with E-state index in [4.69, 9.17) is 4.98 Å². The first-order valence-electron chi connectivity index (χ1n) is 10.5. The first kappa shape index (κ1) is 19.6. The van der Waals surface area contributed by atoms with Gasteiger partial charge in [0.25, 0.3) is 5.91 Å². The summed E-state index contributed by atoms with van der Waals surface area (Å²) in [6, 6.07) is 15.8. The highest BCUT2D eigenvalue weighted by Gasteiger charge is 2.26. The summed E-state index contributed by atoms with van der Waals surface area (Å²) in [6.45, 7) is 3.48. The van der Waals surface area contributed by atoms with E-state index in [1.807, 2.05) is 60.5 Å². The number of aromatic nitrogens is 3. The van der Waals surface area contributed by atoms with Gasteiger partial charge in [-0.2, -0.15) is 0 Å². The second-order valence-electron chi connectivity index (χ2n) is 7.80. The Balaban J connectivity index is 1.27. The Morgan fingerprint density at radius 1 is 1.06 bits per heavy atom. The first-order chi connectivity index (χ1) is 15.2. The monoisotopic (exact) mass is 429 g/mol. The average molecular weight is 430 g/mol. The smallest absolute Gasteiger partial charge is 0.256 e. The van der Waals surface area contributed by atoms with Gasteiger partial charge >= 0.3 is 0 Å². The lowest BCUT2D eigenvalue weighted by Gasteiger charge is -2.32. The molecule has 1 aliphatic heterocycles. The van der Waals surface area contributed by atoms with Crippen molar-refractivity contribution in [2.45, 2.75) is 25.7 Å². The zero-order valence-electron chi connectivity index (χ0n) is 17.3. The number of piperidine rings is 1. The summed E-state index contributed by atoms with van der Waals surface area (Å²) < 4.78 is 0. The Bertz CT molecular complexity index is 1220. The van der Waals surface area contributed by atoms with E-state index in [9.17, 15) is 4.79 Å². The quantitative estimate of drug-likeness (QED) is 0.485. The summed E-state index contributed by atoms with van der Waals surface area (Å²) in [5.41, 5.74) is 2.52. The van der Waals surface area contributed by atoms with E-state index in [0.29, 0.717) is 11.5 Å². The van der Waals surface area contributed by atoms with Crippen molar-refractivity contribution in [1.82, 2.24) is 19.9 Å². The molecule has 1 N–H and O–H groups in total. The maximum Gasteiger partial charge on any atom is 0.256 e. The number of carbonyl (C=O) groups excluding carboxylic acids is 1. The number of aryl methyl sites for hydroxylation is 1. The minimum atomic E-state index is 0.0604. The molecule has 4 heterocycles. The molecular formula is C24H23N5OS. The van der Waals surface area contributed by atoms with Gasteiger partial charge in [0, 0.05) is 47.4 Å². The van der Waals surface area contributed by atoms with E-state index in [0.717, 1.165) is 58.4 Å². The molecule has 0 radical (unpaired) electrons. The van der Waals surface area contributed by atoms with Crippen molar-refractivity contribution in [3.63, 3.8) is 0 Å². The number of fused-ring (bicyclic) bond motifs is 1. The van der Waals surface area contributed by atoms with Gasteiger partial charge in [-0.25, -0.2) is 9.97 Å². The van der Waals surface area contributed by atoms with Crippen LogP contribution in [0.5, 0.6) is 0 Å². The molecule has 1 amide bonds. The summed E-state index contributed by atoms with van der Waals surface area (Å²) in [5.74, 6) is 1.21. The summed E-state index contributed by atoms with van der Waals surface area (Å²) >= 11 is 1.61. The lowest BCUT2D eigenvalue weighted by Crippen LogP contribution is -2.38. The van der Waals surface area contributed by atoms with E-state index < -0.39 is 0 Å². The number of amides is 1. The van der Waals surface area contributed by atoms with Gasteiger partial charge < -0.3 is 10.2 Å². The third kappa shape index (κ3) is 4.14. The van der Waals surface area contributed by atoms with Crippen LogP contribution in [0.1, 0.15) is 39.7 Å². The largest absolute Gasteiger partial charge is 0.339 e. The number of nitrogens with zero attached hydrogens (tertiary/aromatic N) is 4. The van der Waals surface area contributed by atoms with E-state index in [1.165, 1.54) is 0 Å². The fourth-order valence-electron chi connectivity index (χ4n) is 4.10. The highest BCUT2D eigenvalue weighted by Crippen LogP contribution is 2.30. The van der Waals surface area contributed by atoms with Crippen LogP contribution >= 0.6 is 11.3 Å². The Morgan fingerprint density at radius 3 is 2.68 bits per heavy atom. The van der Waals surface area contributed by atoms with Crippen molar-refractivity contribution in [1.29, 1.82) is 0 Å². The van der Waals surface area contributed by atoms with Crippen LogP contribution in [0.3, 0.4) is 0 Å². The van der Waals surface area contributed by atoms with Crippen molar-refractivity contribution < 1.29 is 4.79 Å². The first-order valence-corrected chi connectivity index (χ1v) is 11.3. The molecule has 0 saturated carbocycles. The number of para-hydroxylation sites is 1. The molecule has 31 heavy (non-hydrogen) atoms. The van der Waals surface area contributed by atoms with Crippen LogP contribution in [0.4, 0.5) is 10.9 Å². The predicted molar refractivity (Wildman–Crippen MR) is 124 cm³/mol. The fourth-order valence-corrected chi connectivity index (χ4v) is 4.77. The van der Waals surface area contributed by atoms with Gasteiger partial charge in [0.2, 0.25) is 0 Å². The van der Waals surface area contributed by atoms with Crippen LogP contribution in [0, 0.1) is 6.92 Å². The highest BCUT2D eigenvalue weighted by atomic mass is 32.1. The summed E-state index contributed by atoms with van der Waals surface area (Å²) in [5, 5.41) is 5.14. The number of hydrogen-bond acceptors (Lipinski definition) is 6. The molecule has 1 aliphatic rings. The molecule has 0 spiro atoms. The number of rotatable bonds is 4. The molecule has 156 valence electrons. The Kier molecular flexibility index (Phi) is 5.34. The Labute approximate surface area is 185 Å². The van der Waals surface area contributed by atoms with Crippen molar-refractivity contribution in [3.8, 4) is 0 Å². The topological polar surface area (TPSA) is 71.0 Å². The minimum Gasteiger partial charge on any atom is -0.339 e. The van der Waals surface area contributed by atoms with E-state index in [-0.39, 0.29) is 5.91 Å². The molecule has 6 nitrogen and oxygen atoms in total. The molecule has 7 heteroatoms. The normalized spacial score (nSPS) is 14.7. The van der Waals surface area contributed by atoms with Crippen molar-refractivity contribution in [3.05, 3.63) is 77.1 Å². The van der Waals surface area contributed by atoms with Crippen molar-refractivity contribution in [2.24, 2.45) is 0 Å². The molecule has 0 aliphatic carbocycles. The molecular weight excluding hydrogens is 406 g/mol. The lowest BCUT2D eigenvalue weighted by atomic mass is 9.92. The average Bonchev–Trinajstić information content (AvgIpc) is 3.23. The number of benzene rings is 1. The van der Waals surface area contributed by atoms with Crippen LogP contribution in [0.2, 0.25) is 0 Å². The van der Waals surface area contributed by atoms with Gasteiger partial charge in [-0.3, -0.25) is 9.78 Å². The van der Waals surface area contributed by atoms with Crippen molar-refractivity contribution in [2.75, 3.05) is 18.4 Å². The molecule has 1 fully saturated rings. The molecule has 3 aromatic heterocycles. The van der Waals surface area contributed by atoms with Gasteiger partial charge in [0.15, 0.2) is 5.13 Å². The second kappa shape index (κ2) is 8.43. The number of pyridine rings is 2. The summed E-state index contributed by atoms with van der Waals surface area (Å²) in [4.78, 5) is 29.9. The number of likely N-dealkylation sites (tertiary alicyclic amines) is 1. The number of thiazole rings is 1. The zero-order chi connectivity index (χ0) is 21.2. The highest BCUT2D eigenvalue weighted by molar-refractivity contribution is 7.15. The van der Waals surface area contributed by atoms with Crippen LogP contribution in [-0.4, -0.2) is 38.8 Å². The van der Waals surface area contributed by atoms with Gasteiger partial charge in [0.1, 0.15) is 5.82 Å². The molecule has 1 aromatic carbocycles. The van der Waals surface area contributed by atoms with Gasteiger partial charge in [-0.1, -0.05) is 24.3 Å². The molecule has 4 aromatic rings. The number of carbonyl (C=O) groups is 1. The van der Waals surface area contributed by atoms with E-state index >= 15 is 0 Å². The third-order valence-electron chi connectivity index (χ3n) is 5.69. The predicted octanol–water partition coefficient (Wildman–Crippen LogP) is 5.16. The Hall–Kier alpha value is -3.32. The van der Waals surface area contributed by atoms with E-state index in [2.05, 4.69) is 21.4 Å². The summed E-state index contributed by atoms with van der Waals surface area (Å²) in [7, 11) is 0. The van der Waals surface area contributed by atoms with Crippen LogP contribution in [0.25, 0.3) is 10.9 Å². The molecule has 5 rings (SSSR count). The minimum absolute atomic E-state index is 0.0604. The van der Waals surface area contributed by atoms with Gasteiger partial charge in [-0.05, 0) is 44.0 Å². The second-order valence-corrected chi connectivity index (χ2v) is 9.03. The molecule has 0 bridgehead atoms. The SMILES string of the molecule is Cc1cnc(Nc2cccc(C3CCN(C(=O)c4cccc5cccnc45)CC3)n2)s1. The van der Waals surface area contributed by atoms with E-state index in [1.54, 1.807) is 17.5 Å². The third-order valence-corrected chi connectivity index (χ3v) is 6.52. The standard InChI is InChI=1S/C24H23N5OS/c1-16-15-26-24(31-16)28-21-9-3-8-20(27-21)17-10-13-29(14-11-17)23(30)19-7-2-5-18-6-4-12-25-22(18)19/h2-9,12,15,17H,10-11,13-14H2,1H3,(H,26,27,28). The number of hydrogen-bond donors (Lipinski definition) is 1. The maximum atomic E-state index is 13.2. The Morgan fingerprint density at radius 2 is 1.87 bits per heavy atom. The van der Waals surface area contributed by atoms with Crippen molar-refractivity contribution >= 4 is 39.1 Å². The number of nitrogens with one attached hydrogen (secondary N) is 1. The van der Waals surface area contributed by atoms with Crippen LogP contribution < -0.4 is 5.32 Å². The zero-order valence-corrected chi connectivity index (χ0v) is 18.1.